The van der Waals surface area contributed by atoms with Gasteiger partial charge in [0.1, 0.15) is 0 Å². The van der Waals surface area contributed by atoms with Crippen molar-refractivity contribution in [1.82, 2.24) is 9.97 Å². The Morgan fingerprint density at radius 2 is 2.13 bits per heavy atom. The summed E-state index contributed by atoms with van der Waals surface area (Å²) in [7, 11) is 0. The summed E-state index contributed by atoms with van der Waals surface area (Å²) in [4.78, 5) is 8.14. The molecule has 0 saturated carbocycles. The van der Waals surface area contributed by atoms with Crippen LogP contribution in [0.5, 0.6) is 0 Å². The van der Waals surface area contributed by atoms with E-state index in [-0.39, 0.29) is 0 Å². The topological polar surface area (TPSA) is 25.8 Å². The highest BCUT2D eigenvalue weighted by Gasteiger charge is 2.05. The largest absolute Gasteiger partial charge is 0.264 e. The lowest BCUT2D eigenvalue weighted by atomic mass is 10.1. The molecule has 0 unspecified atom stereocenters. The fraction of sp³-hybridized carbons (Fsp3) is 0.0909. The monoisotopic (exact) mass is 238 g/mol. The van der Waals surface area contributed by atoms with Crippen molar-refractivity contribution in [2.45, 2.75) is 5.88 Å². The van der Waals surface area contributed by atoms with Gasteiger partial charge in [0, 0.05) is 29.7 Å². The highest BCUT2D eigenvalue weighted by molar-refractivity contribution is 6.33. The minimum absolute atomic E-state index is 0.379. The van der Waals surface area contributed by atoms with Crippen LogP contribution in [0, 0.1) is 0 Å². The number of hydrogen-bond donors (Lipinski definition) is 0. The van der Waals surface area contributed by atoms with Gasteiger partial charge in [-0.15, -0.1) is 11.6 Å². The Labute approximate surface area is 97.9 Å². The second-order valence-electron chi connectivity index (χ2n) is 3.03. The molecule has 0 radical (unpaired) electrons. The van der Waals surface area contributed by atoms with Crippen LogP contribution in [-0.4, -0.2) is 9.97 Å². The summed E-state index contributed by atoms with van der Waals surface area (Å²) in [6.07, 6.45) is 5.10. The van der Waals surface area contributed by atoms with Crippen molar-refractivity contribution >= 4 is 23.2 Å². The zero-order chi connectivity index (χ0) is 10.7. The van der Waals surface area contributed by atoms with Crippen LogP contribution < -0.4 is 0 Å². The number of nitrogens with zero attached hydrogens (tertiary/aromatic N) is 2. The summed E-state index contributed by atoms with van der Waals surface area (Å²) in [6, 6.07) is 5.70. The van der Waals surface area contributed by atoms with E-state index in [4.69, 9.17) is 23.2 Å². The molecule has 0 bridgehead atoms. The Morgan fingerprint density at radius 3 is 2.80 bits per heavy atom. The molecule has 2 aromatic rings. The zero-order valence-corrected chi connectivity index (χ0v) is 9.33. The number of aromatic nitrogens is 2. The van der Waals surface area contributed by atoms with Crippen molar-refractivity contribution < 1.29 is 0 Å². The van der Waals surface area contributed by atoms with Crippen LogP contribution in [0.3, 0.4) is 0 Å². The molecule has 76 valence electrons. The Kier molecular flexibility index (Phi) is 3.19. The molecule has 0 spiro atoms. The third-order valence-electron chi connectivity index (χ3n) is 2.02. The predicted molar refractivity (Wildman–Crippen MR) is 62.0 cm³/mol. The van der Waals surface area contributed by atoms with Crippen LogP contribution >= 0.6 is 23.2 Å². The van der Waals surface area contributed by atoms with E-state index in [2.05, 4.69) is 9.97 Å². The van der Waals surface area contributed by atoms with Gasteiger partial charge in [-0.25, -0.2) is 0 Å². The van der Waals surface area contributed by atoms with Crippen molar-refractivity contribution in [3.63, 3.8) is 0 Å². The number of pyridine rings is 2. The van der Waals surface area contributed by atoms with Gasteiger partial charge in [0.25, 0.3) is 0 Å². The first-order valence-corrected chi connectivity index (χ1v) is 5.33. The lowest BCUT2D eigenvalue weighted by molar-refractivity contribution is 1.17. The molecule has 2 heterocycles. The normalized spacial score (nSPS) is 10.3. The highest BCUT2D eigenvalue weighted by atomic mass is 35.5. The lowest BCUT2D eigenvalue weighted by Gasteiger charge is -2.04. The highest BCUT2D eigenvalue weighted by Crippen LogP contribution is 2.27. The number of rotatable bonds is 2. The maximum Gasteiger partial charge on any atom is 0.0668 e. The molecule has 0 aliphatic carbocycles. The van der Waals surface area contributed by atoms with E-state index in [1.54, 1.807) is 18.6 Å². The fourth-order valence-electron chi connectivity index (χ4n) is 1.30. The van der Waals surface area contributed by atoms with Crippen molar-refractivity contribution in [2.75, 3.05) is 0 Å². The summed E-state index contributed by atoms with van der Waals surface area (Å²) in [5.74, 6) is 0.379. The Balaban J connectivity index is 2.52. The van der Waals surface area contributed by atoms with Crippen LogP contribution in [-0.2, 0) is 5.88 Å². The summed E-state index contributed by atoms with van der Waals surface area (Å²) in [5, 5.41) is 0.608. The van der Waals surface area contributed by atoms with Crippen LogP contribution in [0.4, 0.5) is 0 Å². The van der Waals surface area contributed by atoms with Crippen LogP contribution in [0.2, 0.25) is 5.02 Å². The molecule has 0 atom stereocenters. The van der Waals surface area contributed by atoms with Gasteiger partial charge in [0.15, 0.2) is 0 Å². The van der Waals surface area contributed by atoms with Crippen molar-refractivity contribution in [3.8, 4) is 11.1 Å². The van der Waals surface area contributed by atoms with E-state index in [1.807, 2.05) is 18.2 Å². The van der Waals surface area contributed by atoms with E-state index in [1.165, 1.54) is 0 Å². The first-order chi connectivity index (χ1) is 7.31. The van der Waals surface area contributed by atoms with E-state index in [0.717, 1.165) is 16.8 Å². The van der Waals surface area contributed by atoms with Gasteiger partial charge in [-0.1, -0.05) is 17.7 Å². The van der Waals surface area contributed by atoms with E-state index >= 15 is 0 Å². The molecule has 0 N–H and O–H groups in total. The summed E-state index contributed by atoms with van der Waals surface area (Å²) < 4.78 is 0. The van der Waals surface area contributed by atoms with E-state index in [9.17, 15) is 0 Å². The fourth-order valence-corrected chi connectivity index (χ4v) is 1.66. The molecule has 0 aliphatic heterocycles. The molecule has 0 aromatic carbocycles. The van der Waals surface area contributed by atoms with Gasteiger partial charge in [0.2, 0.25) is 0 Å². The molecule has 2 aromatic heterocycles. The van der Waals surface area contributed by atoms with Crippen molar-refractivity contribution in [2.24, 2.45) is 0 Å². The molecule has 4 heteroatoms. The third kappa shape index (κ3) is 2.28. The standard InChI is InChI=1S/C11H8Cl2N2/c12-5-9-4-10(11(13)7-15-9)8-2-1-3-14-6-8/h1-4,6-7H,5H2. The smallest absolute Gasteiger partial charge is 0.0668 e. The second kappa shape index (κ2) is 4.60. The number of hydrogen-bond acceptors (Lipinski definition) is 2. The molecule has 0 amide bonds. The third-order valence-corrected chi connectivity index (χ3v) is 2.60. The minimum Gasteiger partial charge on any atom is -0.264 e. The summed E-state index contributed by atoms with van der Waals surface area (Å²) >= 11 is 11.8. The van der Waals surface area contributed by atoms with E-state index in [0.29, 0.717) is 10.9 Å². The van der Waals surface area contributed by atoms with Crippen LogP contribution in [0.25, 0.3) is 11.1 Å². The molecular weight excluding hydrogens is 231 g/mol. The summed E-state index contributed by atoms with van der Waals surface area (Å²) in [6.45, 7) is 0. The number of halogens is 2. The lowest BCUT2D eigenvalue weighted by Crippen LogP contribution is -1.88. The van der Waals surface area contributed by atoms with Gasteiger partial charge in [-0.2, -0.15) is 0 Å². The molecule has 0 aliphatic rings. The predicted octanol–water partition coefficient (Wildman–Crippen LogP) is 3.54. The molecule has 0 saturated heterocycles. The van der Waals surface area contributed by atoms with Gasteiger partial charge >= 0.3 is 0 Å². The quantitative estimate of drug-likeness (QED) is 0.749. The maximum atomic E-state index is 6.05. The number of alkyl halides is 1. The molecular formula is C11H8Cl2N2. The van der Waals surface area contributed by atoms with Crippen LogP contribution in [0.15, 0.2) is 36.8 Å². The Morgan fingerprint density at radius 1 is 1.27 bits per heavy atom. The van der Waals surface area contributed by atoms with Crippen molar-refractivity contribution in [3.05, 3.63) is 47.5 Å². The van der Waals surface area contributed by atoms with Crippen LogP contribution in [0.1, 0.15) is 5.69 Å². The van der Waals surface area contributed by atoms with E-state index < -0.39 is 0 Å². The molecule has 0 fully saturated rings. The molecule has 2 nitrogen and oxygen atoms in total. The maximum absolute atomic E-state index is 6.05. The SMILES string of the molecule is ClCc1cc(-c2cccnc2)c(Cl)cn1. The van der Waals surface area contributed by atoms with Crippen molar-refractivity contribution in [1.29, 1.82) is 0 Å². The minimum atomic E-state index is 0.379. The average molecular weight is 239 g/mol. The van der Waals surface area contributed by atoms with Gasteiger partial charge < -0.3 is 0 Å². The molecule has 2 rings (SSSR count). The first-order valence-electron chi connectivity index (χ1n) is 4.42. The van der Waals surface area contributed by atoms with Gasteiger partial charge in [0.05, 0.1) is 16.6 Å². The van der Waals surface area contributed by atoms with Gasteiger partial charge in [-0.3, -0.25) is 9.97 Å². The second-order valence-corrected chi connectivity index (χ2v) is 3.71. The zero-order valence-electron chi connectivity index (χ0n) is 7.82. The first kappa shape index (κ1) is 10.4. The Bertz CT molecular complexity index is 457. The average Bonchev–Trinajstić information content (AvgIpc) is 2.31. The van der Waals surface area contributed by atoms with Gasteiger partial charge in [-0.05, 0) is 12.1 Å². The Hall–Kier alpha value is -1.12. The molecule has 15 heavy (non-hydrogen) atoms. The summed E-state index contributed by atoms with van der Waals surface area (Å²) in [5.41, 5.74) is 2.69.